The van der Waals surface area contributed by atoms with E-state index >= 15 is 0 Å². The molecule has 0 aromatic heterocycles. The summed E-state index contributed by atoms with van der Waals surface area (Å²) in [6, 6.07) is 6.37. The van der Waals surface area contributed by atoms with Crippen LogP contribution in [0.1, 0.15) is 18.4 Å². The summed E-state index contributed by atoms with van der Waals surface area (Å²) < 4.78 is 13.3. The first-order valence-corrected chi connectivity index (χ1v) is 6.86. The van der Waals surface area contributed by atoms with Crippen LogP contribution >= 0.6 is 0 Å². The molecule has 1 aliphatic rings. The molecule has 0 spiro atoms. The Bertz CT molecular complexity index is 533. The van der Waals surface area contributed by atoms with Crippen LogP contribution < -0.4 is 5.32 Å². The van der Waals surface area contributed by atoms with E-state index in [2.05, 4.69) is 22.1 Å². The number of carbonyl (C=O) groups excluding carboxylic acids is 1. The Morgan fingerprint density at radius 3 is 3.05 bits per heavy atom. The summed E-state index contributed by atoms with van der Waals surface area (Å²) in [7, 11) is 2.03. The van der Waals surface area contributed by atoms with E-state index in [0.29, 0.717) is 5.56 Å². The monoisotopic (exact) mass is 274 g/mol. The Kier molecular flexibility index (Phi) is 5.14. The smallest absolute Gasteiger partial charge is 0.225 e. The van der Waals surface area contributed by atoms with Crippen molar-refractivity contribution in [2.45, 2.75) is 12.8 Å². The van der Waals surface area contributed by atoms with Gasteiger partial charge in [0.25, 0.3) is 0 Å². The number of carbonyl (C=O) groups is 1. The molecule has 0 radical (unpaired) electrons. The van der Waals surface area contributed by atoms with E-state index in [0.717, 1.165) is 25.9 Å². The second kappa shape index (κ2) is 7.06. The number of nitrogens with zero attached hydrogens (tertiary/aromatic N) is 1. The van der Waals surface area contributed by atoms with Crippen LogP contribution in [0.3, 0.4) is 0 Å². The largest absolute Gasteiger partial charge is 0.345 e. The van der Waals surface area contributed by atoms with Crippen molar-refractivity contribution in [3.63, 3.8) is 0 Å². The maximum absolute atomic E-state index is 13.3. The number of nitrogens with one attached hydrogen (secondary N) is 1. The molecule has 2 rings (SSSR count). The highest BCUT2D eigenvalue weighted by Crippen LogP contribution is 2.14. The minimum absolute atomic E-state index is 0.0411. The SMILES string of the molecule is CN1CCCC(C(=O)NCC#Cc2ccccc2F)C1. The Morgan fingerprint density at radius 2 is 2.30 bits per heavy atom. The molecule has 1 atom stereocenters. The maximum Gasteiger partial charge on any atom is 0.225 e. The summed E-state index contributed by atoms with van der Waals surface area (Å²) in [5.74, 6) is 5.27. The molecule has 0 bridgehead atoms. The molecular formula is C16H19FN2O. The molecule has 1 saturated heterocycles. The van der Waals surface area contributed by atoms with Crippen LogP contribution in [0.2, 0.25) is 0 Å². The second-order valence-electron chi connectivity index (χ2n) is 5.10. The Hall–Kier alpha value is -1.86. The molecule has 1 aromatic rings. The number of amides is 1. The molecule has 0 saturated carbocycles. The van der Waals surface area contributed by atoms with Crippen LogP contribution in [0.25, 0.3) is 0 Å². The van der Waals surface area contributed by atoms with Gasteiger partial charge in [0.15, 0.2) is 0 Å². The summed E-state index contributed by atoms with van der Waals surface area (Å²) in [6.45, 7) is 2.11. The third kappa shape index (κ3) is 4.07. The Labute approximate surface area is 119 Å². The molecule has 1 fully saturated rings. The average Bonchev–Trinajstić information content (AvgIpc) is 2.45. The van der Waals surface area contributed by atoms with Crippen LogP contribution in [0.5, 0.6) is 0 Å². The lowest BCUT2D eigenvalue weighted by atomic mass is 9.98. The maximum atomic E-state index is 13.3. The number of benzene rings is 1. The van der Waals surface area contributed by atoms with E-state index in [9.17, 15) is 9.18 Å². The molecule has 1 unspecified atom stereocenters. The molecule has 0 aliphatic carbocycles. The third-order valence-corrected chi connectivity index (χ3v) is 3.44. The predicted molar refractivity (Wildman–Crippen MR) is 76.5 cm³/mol. The van der Waals surface area contributed by atoms with E-state index in [1.807, 2.05) is 7.05 Å². The van der Waals surface area contributed by atoms with Crippen molar-refractivity contribution in [2.75, 3.05) is 26.7 Å². The lowest BCUT2D eigenvalue weighted by Gasteiger charge is -2.28. The lowest BCUT2D eigenvalue weighted by Crippen LogP contribution is -2.41. The van der Waals surface area contributed by atoms with Crippen LogP contribution in [0.4, 0.5) is 4.39 Å². The molecule has 106 valence electrons. The van der Waals surface area contributed by atoms with Crippen molar-refractivity contribution >= 4 is 5.91 Å². The van der Waals surface area contributed by atoms with Crippen molar-refractivity contribution in [3.05, 3.63) is 35.6 Å². The molecule has 4 heteroatoms. The van der Waals surface area contributed by atoms with Crippen LogP contribution in [0.15, 0.2) is 24.3 Å². The minimum atomic E-state index is -0.333. The van der Waals surface area contributed by atoms with Gasteiger partial charge in [0.1, 0.15) is 5.82 Å². The highest BCUT2D eigenvalue weighted by Gasteiger charge is 2.23. The zero-order valence-corrected chi connectivity index (χ0v) is 11.7. The zero-order valence-electron chi connectivity index (χ0n) is 11.7. The number of piperidine rings is 1. The van der Waals surface area contributed by atoms with Gasteiger partial charge in [-0.05, 0) is 38.6 Å². The summed E-state index contributed by atoms with van der Waals surface area (Å²) >= 11 is 0. The summed E-state index contributed by atoms with van der Waals surface area (Å²) in [5, 5.41) is 2.80. The van der Waals surface area contributed by atoms with Crippen molar-refractivity contribution in [1.82, 2.24) is 10.2 Å². The molecule has 20 heavy (non-hydrogen) atoms. The van der Waals surface area contributed by atoms with Crippen LogP contribution in [-0.4, -0.2) is 37.5 Å². The number of hydrogen-bond donors (Lipinski definition) is 1. The van der Waals surface area contributed by atoms with Gasteiger partial charge in [-0.3, -0.25) is 4.79 Å². The van der Waals surface area contributed by atoms with E-state index in [4.69, 9.17) is 0 Å². The Balaban J connectivity index is 1.81. The van der Waals surface area contributed by atoms with Crippen molar-refractivity contribution in [1.29, 1.82) is 0 Å². The fraction of sp³-hybridized carbons (Fsp3) is 0.438. The van der Waals surface area contributed by atoms with Gasteiger partial charge < -0.3 is 10.2 Å². The standard InChI is InChI=1S/C16H19FN2O/c1-19-11-5-8-14(12-19)16(20)18-10-4-7-13-6-2-3-9-15(13)17/h2-3,6,9,14H,5,8,10-12H2,1H3,(H,18,20). The number of rotatable bonds is 2. The summed E-state index contributed by atoms with van der Waals surface area (Å²) in [5.41, 5.74) is 0.360. The molecule has 1 aliphatic heterocycles. The lowest BCUT2D eigenvalue weighted by molar-refractivity contribution is -0.126. The van der Waals surface area contributed by atoms with Gasteiger partial charge in [-0.25, -0.2) is 4.39 Å². The van der Waals surface area contributed by atoms with Crippen molar-refractivity contribution in [2.24, 2.45) is 5.92 Å². The number of likely N-dealkylation sites (tertiary alicyclic amines) is 1. The molecule has 1 aromatic carbocycles. The zero-order chi connectivity index (χ0) is 14.4. The first-order valence-electron chi connectivity index (χ1n) is 6.86. The van der Waals surface area contributed by atoms with Crippen LogP contribution in [-0.2, 0) is 4.79 Å². The van der Waals surface area contributed by atoms with Crippen molar-refractivity contribution in [3.8, 4) is 11.8 Å². The van der Waals surface area contributed by atoms with Gasteiger partial charge in [0.05, 0.1) is 18.0 Å². The second-order valence-corrected chi connectivity index (χ2v) is 5.10. The first kappa shape index (κ1) is 14.5. The van der Waals surface area contributed by atoms with Crippen LogP contribution in [0, 0.1) is 23.6 Å². The molecular weight excluding hydrogens is 255 g/mol. The first-order chi connectivity index (χ1) is 9.66. The normalized spacial score (nSPS) is 19.0. The quantitative estimate of drug-likeness (QED) is 0.832. The molecule has 1 N–H and O–H groups in total. The Morgan fingerprint density at radius 1 is 1.50 bits per heavy atom. The van der Waals surface area contributed by atoms with E-state index < -0.39 is 0 Å². The number of hydrogen-bond acceptors (Lipinski definition) is 2. The number of halogens is 1. The van der Waals surface area contributed by atoms with Gasteiger partial charge >= 0.3 is 0 Å². The predicted octanol–water partition coefficient (Wildman–Crippen LogP) is 1.64. The van der Waals surface area contributed by atoms with Gasteiger partial charge in [-0.1, -0.05) is 24.0 Å². The minimum Gasteiger partial charge on any atom is -0.345 e. The molecule has 3 nitrogen and oxygen atoms in total. The highest BCUT2D eigenvalue weighted by molar-refractivity contribution is 5.79. The fourth-order valence-corrected chi connectivity index (χ4v) is 2.36. The van der Waals surface area contributed by atoms with Gasteiger partial charge in [-0.2, -0.15) is 0 Å². The van der Waals surface area contributed by atoms with Gasteiger partial charge in [0.2, 0.25) is 5.91 Å². The summed E-state index contributed by atoms with van der Waals surface area (Å²) in [6.07, 6.45) is 1.98. The van der Waals surface area contributed by atoms with Gasteiger partial charge in [0, 0.05) is 6.54 Å². The molecule has 1 heterocycles. The fourth-order valence-electron chi connectivity index (χ4n) is 2.36. The van der Waals surface area contributed by atoms with Gasteiger partial charge in [-0.15, -0.1) is 0 Å². The van der Waals surface area contributed by atoms with E-state index in [1.165, 1.54) is 6.07 Å². The highest BCUT2D eigenvalue weighted by atomic mass is 19.1. The van der Waals surface area contributed by atoms with Crippen molar-refractivity contribution < 1.29 is 9.18 Å². The van der Waals surface area contributed by atoms with E-state index in [-0.39, 0.29) is 24.2 Å². The average molecular weight is 274 g/mol. The third-order valence-electron chi connectivity index (χ3n) is 3.44. The summed E-state index contributed by atoms with van der Waals surface area (Å²) in [4.78, 5) is 14.1. The van der Waals surface area contributed by atoms with E-state index in [1.54, 1.807) is 18.2 Å². The molecule has 1 amide bonds. The topological polar surface area (TPSA) is 32.3 Å².